The minimum atomic E-state index is 0.420. The molecule has 0 aromatic heterocycles. The summed E-state index contributed by atoms with van der Waals surface area (Å²) in [5.74, 6) is 0. The Morgan fingerprint density at radius 2 is 1.75 bits per heavy atom. The van der Waals surface area contributed by atoms with Crippen molar-refractivity contribution in [3.63, 3.8) is 0 Å². The van der Waals surface area contributed by atoms with Crippen LogP contribution in [0, 0.1) is 5.21 Å². The van der Waals surface area contributed by atoms with Crippen LogP contribution in [0.4, 0.5) is 17.1 Å². The third kappa shape index (κ3) is 2.36. The summed E-state index contributed by atoms with van der Waals surface area (Å²) >= 11 is 0. The van der Waals surface area contributed by atoms with E-state index in [1.807, 2.05) is 18.2 Å². The highest BCUT2D eigenvalue weighted by Crippen LogP contribution is 2.18. The second kappa shape index (κ2) is 4.44. The van der Waals surface area contributed by atoms with Gasteiger partial charge in [0.2, 0.25) is 5.69 Å². The van der Waals surface area contributed by atoms with Gasteiger partial charge in [-0.05, 0) is 18.2 Å². The van der Waals surface area contributed by atoms with Crippen molar-refractivity contribution in [1.29, 1.82) is 0 Å². The Morgan fingerprint density at radius 1 is 1.00 bits per heavy atom. The van der Waals surface area contributed by atoms with E-state index in [0.717, 1.165) is 0 Å². The maximum atomic E-state index is 11.7. The lowest BCUT2D eigenvalue weighted by Gasteiger charge is -2.00. The summed E-state index contributed by atoms with van der Waals surface area (Å²) in [6, 6.07) is 15.7. The molecule has 0 aliphatic carbocycles. The zero-order valence-electron chi connectivity index (χ0n) is 8.58. The zero-order valence-corrected chi connectivity index (χ0v) is 8.58. The standard InChI is InChI=1S/C12H11N3O/c13-10-5-4-8-12(9-10)15(16)14-11-6-2-1-3-7-11/h1-9H,13H2. The fourth-order valence-electron chi connectivity index (χ4n) is 1.30. The molecule has 0 spiro atoms. The molecule has 0 radical (unpaired) electrons. The van der Waals surface area contributed by atoms with Gasteiger partial charge in [0.15, 0.2) is 0 Å². The smallest absolute Gasteiger partial charge is 0.246 e. The Morgan fingerprint density at radius 3 is 2.44 bits per heavy atom. The molecule has 4 heteroatoms. The van der Waals surface area contributed by atoms with Crippen LogP contribution in [0.3, 0.4) is 0 Å². The summed E-state index contributed by atoms with van der Waals surface area (Å²) in [5, 5.41) is 15.6. The van der Waals surface area contributed by atoms with Crippen molar-refractivity contribution >= 4 is 17.1 Å². The summed E-state index contributed by atoms with van der Waals surface area (Å²) in [5.41, 5.74) is 7.16. The first-order valence-electron chi connectivity index (χ1n) is 4.85. The Bertz CT molecular complexity index is 509. The molecule has 0 fully saturated rings. The van der Waals surface area contributed by atoms with Gasteiger partial charge in [0.1, 0.15) is 5.69 Å². The van der Waals surface area contributed by atoms with E-state index < -0.39 is 0 Å². The van der Waals surface area contributed by atoms with Crippen LogP contribution in [0.2, 0.25) is 0 Å². The van der Waals surface area contributed by atoms with E-state index in [1.54, 1.807) is 36.4 Å². The molecule has 16 heavy (non-hydrogen) atoms. The molecule has 2 N–H and O–H groups in total. The number of hydrogen-bond donors (Lipinski definition) is 1. The molecule has 0 atom stereocenters. The van der Waals surface area contributed by atoms with Crippen LogP contribution in [-0.4, -0.2) is 4.86 Å². The van der Waals surface area contributed by atoms with E-state index in [-0.39, 0.29) is 0 Å². The number of nitrogens with zero attached hydrogens (tertiary/aromatic N) is 2. The van der Waals surface area contributed by atoms with E-state index in [0.29, 0.717) is 21.9 Å². The molecular weight excluding hydrogens is 202 g/mol. The van der Waals surface area contributed by atoms with Gasteiger partial charge in [-0.2, -0.15) is 0 Å². The topological polar surface area (TPSA) is 64.5 Å². The Hall–Kier alpha value is -2.36. The van der Waals surface area contributed by atoms with Gasteiger partial charge in [0, 0.05) is 22.9 Å². The first-order valence-corrected chi connectivity index (χ1v) is 4.85. The molecule has 0 aliphatic rings. The zero-order chi connectivity index (χ0) is 11.4. The van der Waals surface area contributed by atoms with Crippen molar-refractivity contribution in [2.45, 2.75) is 0 Å². The molecule has 0 bridgehead atoms. The average molecular weight is 213 g/mol. The molecule has 80 valence electrons. The minimum absolute atomic E-state index is 0.420. The first kappa shape index (κ1) is 10.2. The van der Waals surface area contributed by atoms with Crippen LogP contribution >= 0.6 is 0 Å². The third-order valence-electron chi connectivity index (χ3n) is 2.05. The highest BCUT2D eigenvalue weighted by molar-refractivity contribution is 5.47. The van der Waals surface area contributed by atoms with Crippen LogP contribution in [0.5, 0.6) is 0 Å². The molecule has 2 aromatic rings. The lowest BCUT2D eigenvalue weighted by Crippen LogP contribution is -1.92. The number of hydrogen-bond acceptors (Lipinski definition) is 3. The van der Waals surface area contributed by atoms with Crippen LogP contribution in [0.25, 0.3) is 0 Å². The van der Waals surface area contributed by atoms with Crippen molar-refractivity contribution in [2.24, 2.45) is 5.11 Å². The molecular formula is C12H11N3O. The second-order valence-electron chi connectivity index (χ2n) is 3.30. The van der Waals surface area contributed by atoms with Crippen molar-refractivity contribution < 1.29 is 4.86 Å². The number of anilines is 1. The monoisotopic (exact) mass is 213 g/mol. The summed E-state index contributed by atoms with van der Waals surface area (Å²) in [4.78, 5) is 0.561. The molecule has 0 saturated carbocycles. The Balaban J connectivity index is 2.32. The molecule has 0 amide bonds. The van der Waals surface area contributed by atoms with Gasteiger partial charge in [0.05, 0.1) is 0 Å². The highest BCUT2D eigenvalue weighted by Gasteiger charge is 2.03. The van der Waals surface area contributed by atoms with E-state index >= 15 is 0 Å². The van der Waals surface area contributed by atoms with Crippen LogP contribution < -0.4 is 5.73 Å². The van der Waals surface area contributed by atoms with Gasteiger partial charge >= 0.3 is 0 Å². The average Bonchev–Trinajstić information content (AvgIpc) is 2.30. The molecule has 0 unspecified atom stereocenters. The van der Waals surface area contributed by atoms with E-state index in [9.17, 15) is 5.21 Å². The number of azo groups is 1. The fraction of sp³-hybridized carbons (Fsp3) is 0. The highest BCUT2D eigenvalue weighted by atomic mass is 16.5. The van der Waals surface area contributed by atoms with E-state index in [4.69, 9.17) is 5.73 Å². The maximum Gasteiger partial charge on any atom is 0.246 e. The van der Waals surface area contributed by atoms with Gasteiger partial charge in [0.25, 0.3) is 0 Å². The predicted molar refractivity (Wildman–Crippen MR) is 62.7 cm³/mol. The first-order chi connectivity index (χ1) is 7.75. The summed E-state index contributed by atoms with van der Waals surface area (Å²) in [6.07, 6.45) is 0. The SMILES string of the molecule is Nc1cccc([N+]([O-])=Nc2ccccc2)c1. The van der Waals surface area contributed by atoms with Gasteiger partial charge in [-0.1, -0.05) is 29.1 Å². The quantitative estimate of drug-likeness (QED) is 0.360. The number of rotatable bonds is 2. The molecule has 2 aromatic carbocycles. The summed E-state index contributed by atoms with van der Waals surface area (Å²) < 4.78 is 0. The van der Waals surface area contributed by atoms with Gasteiger partial charge < -0.3 is 10.9 Å². The van der Waals surface area contributed by atoms with Gasteiger partial charge in [-0.25, -0.2) is 0 Å². The van der Waals surface area contributed by atoms with E-state index in [1.165, 1.54) is 0 Å². The van der Waals surface area contributed by atoms with Gasteiger partial charge in [-0.3, -0.25) is 0 Å². The third-order valence-corrected chi connectivity index (χ3v) is 2.05. The molecule has 2 rings (SSSR count). The lowest BCUT2D eigenvalue weighted by molar-refractivity contribution is -0.435. The molecule has 0 heterocycles. The van der Waals surface area contributed by atoms with Crippen LogP contribution in [-0.2, 0) is 0 Å². The minimum Gasteiger partial charge on any atom is -0.594 e. The second-order valence-corrected chi connectivity index (χ2v) is 3.30. The number of benzene rings is 2. The van der Waals surface area contributed by atoms with Crippen LogP contribution in [0.15, 0.2) is 59.7 Å². The van der Waals surface area contributed by atoms with Crippen molar-refractivity contribution in [3.05, 3.63) is 59.8 Å². The Kier molecular flexibility index (Phi) is 2.82. The lowest BCUT2D eigenvalue weighted by atomic mass is 10.3. The fourth-order valence-corrected chi connectivity index (χ4v) is 1.30. The van der Waals surface area contributed by atoms with Crippen LogP contribution in [0.1, 0.15) is 0 Å². The van der Waals surface area contributed by atoms with Gasteiger partial charge in [-0.15, -0.1) is 0 Å². The largest absolute Gasteiger partial charge is 0.594 e. The number of nitrogens with two attached hydrogens (primary N) is 1. The molecule has 0 aliphatic heterocycles. The van der Waals surface area contributed by atoms with Crippen molar-refractivity contribution in [2.75, 3.05) is 5.73 Å². The van der Waals surface area contributed by atoms with Crippen molar-refractivity contribution in [3.8, 4) is 0 Å². The summed E-state index contributed by atoms with van der Waals surface area (Å²) in [6.45, 7) is 0. The molecule has 4 nitrogen and oxygen atoms in total. The summed E-state index contributed by atoms with van der Waals surface area (Å²) in [7, 11) is 0. The normalized spacial score (nSPS) is 11.4. The predicted octanol–water partition coefficient (Wildman–Crippen LogP) is 3.19. The van der Waals surface area contributed by atoms with Crippen molar-refractivity contribution in [1.82, 2.24) is 0 Å². The maximum absolute atomic E-state index is 11.7. The molecule has 0 saturated heterocycles. The Labute approximate surface area is 93.2 Å². The van der Waals surface area contributed by atoms with E-state index in [2.05, 4.69) is 5.11 Å². The number of nitrogen functional groups attached to an aromatic ring is 1.